The van der Waals surface area contributed by atoms with Gasteiger partial charge in [0.25, 0.3) is 5.91 Å². The first-order valence-electron chi connectivity index (χ1n) is 7.04. The zero-order chi connectivity index (χ0) is 14.4. The van der Waals surface area contributed by atoms with Crippen LogP contribution in [0.4, 0.5) is 5.69 Å². The van der Waals surface area contributed by atoms with E-state index in [1.807, 2.05) is 11.0 Å². The molecule has 1 aliphatic rings. The average molecular weight is 275 g/mol. The molecular weight excluding hydrogens is 254 g/mol. The fourth-order valence-corrected chi connectivity index (χ4v) is 2.35. The summed E-state index contributed by atoms with van der Waals surface area (Å²) in [7, 11) is 1.60. The lowest BCUT2D eigenvalue weighted by Gasteiger charge is -2.26. The molecule has 0 saturated carbocycles. The van der Waals surface area contributed by atoms with Crippen molar-refractivity contribution in [2.75, 3.05) is 32.0 Å². The second kappa shape index (κ2) is 6.93. The van der Waals surface area contributed by atoms with E-state index in [9.17, 15) is 9.59 Å². The molecule has 2 N–H and O–H groups in total. The van der Waals surface area contributed by atoms with Gasteiger partial charge in [0, 0.05) is 31.4 Å². The van der Waals surface area contributed by atoms with Crippen molar-refractivity contribution in [3.8, 4) is 0 Å². The molecule has 2 rings (SSSR count). The first kappa shape index (κ1) is 14.4. The first-order valence-corrected chi connectivity index (χ1v) is 7.04. The molecular formula is C15H21N3O2. The van der Waals surface area contributed by atoms with E-state index in [1.165, 1.54) is 6.42 Å². The molecule has 0 aromatic heterocycles. The summed E-state index contributed by atoms with van der Waals surface area (Å²) in [5.41, 5.74) is 1.37. The van der Waals surface area contributed by atoms with E-state index in [-0.39, 0.29) is 18.4 Å². The minimum absolute atomic E-state index is 0.120. The Bertz CT molecular complexity index is 482. The van der Waals surface area contributed by atoms with E-state index in [0.29, 0.717) is 5.56 Å². The Morgan fingerprint density at radius 2 is 1.95 bits per heavy atom. The molecule has 20 heavy (non-hydrogen) atoms. The minimum atomic E-state index is -0.129. The van der Waals surface area contributed by atoms with Gasteiger partial charge in [0.05, 0.1) is 6.54 Å². The quantitative estimate of drug-likeness (QED) is 0.874. The van der Waals surface area contributed by atoms with Crippen LogP contribution in [0.5, 0.6) is 0 Å². The third kappa shape index (κ3) is 3.73. The summed E-state index contributed by atoms with van der Waals surface area (Å²) in [5.74, 6) is -0.00828. The van der Waals surface area contributed by atoms with Gasteiger partial charge >= 0.3 is 0 Å². The molecule has 0 atom stereocenters. The van der Waals surface area contributed by atoms with Crippen molar-refractivity contribution in [1.82, 2.24) is 10.2 Å². The van der Waals surface area contributed by atoms with Gasteiger partial charge in [-0.05, 0) is 37.5 Å². The van der Waals surface area contributed by atoms with Gasteiger partial charge in [0.2, 0.25) is 5.91 Å². The number of amides is 2. The maximum atomic E-state index is 12.0. The molecule has 0 radical (unpaired) electrons. The van der Waals surface area contributed by atoms with Crippen molar-refractivity contribution < 1.29 is 9.59 Å². The van der Waals surface area contributed by atoms with E-state index >= 15 is 0 Å². The Morgan fingerprint density at radius 1 is 1.20 bits per heavy atom. The van der Waals surface area contributed by atoms with E-state index in [1.54, 1.807) is 25.2 Å². The second-order valence-electron chi connectivity index (χ2n) is 4.95. The number of nitrogens with zero attached hydrogens (tertiary/aromatic N) is 1. The molecule has 1 aromatic rings. The number of piperidine rings is 1. The number of rotatable bonds is 4. The molecule has 5 nitrogen and oxygen atoms in total. The summed E-state index contributed by atoms with van der Waals surface area (Å²) in [6.07, 6.45) is 3.40. The molecule has 2 amide bonds. The molecule has 0 unspecified atom stereocenters. The van der Waals surface area contributed by atoms with E-state index < -0.39 is 0 Å². The van der Waals surface area contributed by atoms with Gasteiger partial charge in [0.15, 0.2) is 0 Å². The number of likely N-dealkylation sites (tertiary alicyclic amines) is 1. The molecule has 108 valence electrons. The van der Waals surface area contributed by atoms with Gasteiger partial charge in [-0.3, -0.25) is 9.59 Å². The topological polar surface area (TPSA) is 61.4 Å². The highest BCUT2D eigenvalue weighted by molar-refractivity contribution is 5.95. The van der Waals surface area contributed by atoms with Crippen molar-refractivity contribution in [3.63, 3.8) is 0 Å². The molecule has 1 aromatic carbocycles. The molecule has 1 saturated heterocycles. The van der Waals surface area contributed by atoms with Crippen LogP contribution in [-0.4, -0.2) is 43.4 Å². The lowest BCUT2D eigenvalue weighted by Crippen LogP contribution is -2.39. The molecule has 1 aliphatic heterocycles. The van der Waals surface area contributed by atoms with Gasteiger partial charge < -0.3 is 15.5 Å². The molecule has 0 bridgehead atoms. The smallest absolute Gasteiger partial charge is 0.251 e. The minimum Gasteiger partial charge on any atom is -0.376 e. The van der Waals surface area contributed by atoms with Gasteiger partial charge in [-0.25, -0.2) is 0 Å². The Labute approximate surface area is 119 Å². The fourth-order valence-electron chi connectivity index (χ4n) is 2.35. The fraction of sp³-hybridized carbons (Fsp3) is 0.467. The van der Waals surface area contributed by atoms with Crippen LogP contribution in [0.1, 0.15) is 29.6 Å². The zero-order valence-corrected chi connectivity index (χ0v) is 11.8. The Balaban J connectivity index is 1.90. The second-order valence-corrected chi connectivity index (χ2v) is 4.95. The van der Waals surface area contributed by atoms with Crippen LogP contribution in [0.2, 0.25) is 0 Å². The van der Waals surface area contributed by atoms with Gasteiger partial charge in [-0.1, -0.05) is 6.07 Å². The lowest BCUT2D eigenvalue weighted by molar-refractivity contribution is -0.130. The summed E-state index contributed by atoms with van der Waals surface area (Å²) < 4.78 is 0. The number of hydrogen-bond acceptors (Lipinski definition) is 3. The summed E-state index contributed by atoms with van der Waals surface area (Å²) in [5, 5.41) is 5.67. The third-order valence-corrected chi connectivity index (χ3v) is 3.50. The number of carbonyl (C=O) groups is 2. The normalized spacial score (nSPS) is 14.8. The molecule has 1 fully saturated rings. The van der Waals surface area contributed by atoms with Crippen LogP contribution in [-0.2, 0) is 4.79 Å². The largest absolute Gasteiger partial charge is 0.376 e. The predicted octanol–water partition coefficient (Wildman–Crippen LogP) is 1.47. The SMILES string of the molecule is CNC(=O)c1cccc(NCC(=O)N2CCCCC2)c1. The highest BCUT2D eigenvalue weighted by Crippen LogP contribution is 2.12. The van der Waals surface area contributed by atoms with Crippen LogP contribution >= 0.6 is 0 Å². The van der Waals surface area contributed by atoms with Gasteiger partial charge in [-0.2, -0.15) is 0 Å². The monoisotopic (exact) mass is 275 g/mol. The average Bonchev–Trinajstić information content (AvgIpc) is 2.53. The third-order valence-electron chi connectivity index (χ3n) is 3.50. The highest BCUT2D eigenvalue weighted by atomic mass is 16.2. The number of nitrogens with one attached hydrogen (secondary N) is 2. The van der Waals surface area contributed by atoms with E-state index in [4.69, 9.17) is 0 Å². The first-order chi connectivity index (χ1) is 9.70. The van der Waals surface area contributed by atoms with Crippen LogP contribution in [0.3, 0.4) is 0 Å². The van der Waals surface area contributed by atoms with Crippen molar-refractivity contribution >= 4 is 17.5 Å². The van der Waals surface area contributed by atoms with Crippen molar-refractivity contribution in [3.05, 3.63) is 29.8 Å². The molecule has 5 heteroatoms. The van der Waals surface area contributed by atoms with Gasteiger partial charge in [0.1, 0.15) is 0 Å². The molecule has 0 aliphatic carbocycles. The number of hydrogen-bond donors (Lipinski definition) is 2. The number of benzene rings is 1. The van der Waals surface area contributed by atoms with Crippen molar-refractivity contribution in [1.29, 1.82) is 0 Å². The van der Waals surface area contributed by atoms with Gasteiger partial charge in [-0.15, -0.1) is 0 Å². The molecule has 1 heterocycles. The summed E-state index contributed by atoms with van der Waals surface area (Å²) in [4.78, 5) is 25.5. The Kier molecular flexibility index (Phi) is 4.98. The lowest BCUT2D eigenvalue weighted by atomic mass is 10.1. The standard InChI is InChI=1S/C15H21N3O2/c1-16-15(20)12-6-5-7-13(10-12)17-11-14(19)18-8-3-2-4-9-18/h5-7,10,17H,2-4,8-9,11H2,1H3,(H,16,20). The van der Waals surface area contributed by atoms with E-state index in [2.05, 4.69) is 10.6 Å². The Hall–Kier alpha value is -2.04. The predicted molar refractivity (Wildman–Crippen MR) is 78.8 cm³/mol. The summed E-state index contributed by atoms with van der Waals surface area (Å²) in [6, 6.07) is 7.16. The Morgan fingerprint density at radius 3 is 2.65 bits per heavy atom. The van der Waals surface area contributed by atoms with Crippen LogP contribution < -0.4 is 10.6 Å². The summed E-state index contributed by atoms with van der Waals surface area (Å²) in [6.45, 7) is 1.99. The number of anilines is 1. The van der Waals surface area contributed by atoms with Crippen molar-refractivity contribution in [2.45, 2.75) is 19.3 Å². The maximum Gasteiger partial charge on any atom is 0.251 e. The van der Waals surface area contributed by atoms with Crippen LogP contribution in [0.25, 0.3) is 0 Å². The van der Waals surface area contributed by atoms with Crippen LogP contribution in [0, 0.1) is 0 Å². The maximum absolute atomic E-state index is 12.0. The van der Waals surface area contributed by atoms with Crippen LogP contribution in [0.15, 0.2) is 24.3 Å². The van der Waals surface area contributed by atoms with Crippen molar-refractivity contribution in [2.24, 2.45) is 0 Å². The van der Waals surface area contributed by atoms with E-state index in [0.717, 1.165) is 31.6 Å². The summed E-state index contributed by atoms with van der Waals surface area (Å²) >= 11 is 0. The highest BCUT2D eigenvalue weighted by Gasteiger charge is 2.15. The zero-order valence-electron chi connectivity index (χ0n) is 11.8. The number of carbonyl (C=O) groups excluding carboxylic acids is 2. The molecule has 0 spiro atoms.